The molecule has 88 valence electrons. The van der Waals surface area contributed by atoms with E-state index in [1.54, 1.807) is 6.07 Å². The summed E-state index contributed by atoms with van der Waals surface area (Å²) in [4.78, 5) is 0. The smallest absolute Gasteiger partial charge is 0.123 e. The molecule has 2 rings (SSSR count). The number of nitrogens with two attached hydrogens (primary N) is 1. The van der Waals surface area contributed by atoms with Gasteiger partial charge in [-0.05, 0) is 48.4 Å². The Morgan fingerprint density at radius 2 is 1.94 bits per heavy atom. The van der Waals surface area contributed by atoms with Crippen molar-refractivity contribution in [2.75, 3.05) is 6.54 Å². The fourth-order valence-corrected chi connectivity index (χ4v) is 2.00. The molecule has 1 nitrogen and oxygen atoms in total. The van der Waals surface area contributed by atoms with Gasteiger partial charge in [0.05, 0.1) is 0 Å². The van der Waals surface area contributed by atoms with E-state index in [0.717, 1.165) is 23.1 Å². The van der Waals surface area contributed by atoms with Crippen LogP contribution in [-0.2, 0) is 6.42 Å². The third-order valence-electron chi connectivity index (χ3n) is 2.60. The van der Waals surface area contributed by atoms with Crippen LogP contribution in [-0.4, -0.2) is 6.54 Å². The molecular formula is C14H13ClFN. The first-order valence-electron chi connectivity index (χ1n) is 5.45. The third-order valence-corrected chi connectivity index (χ3v) is 2.93. The molecule has 0 aliphatic heterocycles. The number of hydrogen-bond donors (Lipinski definition) is 1. The van der Waals surface area contributed by atoms with Crippen molar-refractivity contribution in [3.63, 3.8) is 0 Å². The van der Waals surface area contributed by atoms with Gasteiger partial charge >= 0.3 is 0 Å². The quantitative estimate of drug-likeness (QED) is 0.883. The van der Waals surface area contributed by atoms with Crippen LogP contribution in [0, 0.1) is 5.82 Å². The van der Waals surface area contributed by atoms with Crippen molar-refractivity contribution < 1.29 is 4.39 Å². The van der Waals surface area contributed by atoms with Gasteiger partial charge in [-0.2, -0.15) is 0 Å². The minimum Gasteiger partial charge on any atom is -0.330 e. The molecule has 0 aliphatic rings. The first-order chi connectivity index (χ1) is 8.20. The Balaban J connectivity index is 2.46. The summed E-state index contributed by atoms with van der Waals surface area (Å²) in [5, 5.41) is 0.622. The Bertz CT molecular complexity index is 525. The lowest BCUT2D eigenvalue weighted by Crippen LogP contribution is -2.02. The summed E-state index contributed by atoms with van der Waals surface area (Å²) in [6.07, 6.45) is 0.791. The Labute approximate surface area is 105 Å². The van der Waals surface area contributed by atoms with E-state index in [1.807, 2.05) is 24.3 Å². The number of halogens is 2. The van der Waals surface area contributed by atoms with E-state index >= 15 is 0 Å². The van der Waals surface area contributed by atoms with Crippen molar-refractivity contribution in [2.24, 2.45) is 5.73 Å². The molecule has 0 bridgehead atoms. The zero-order valence-electron chi connectivity index (χ0n) is 9.29. The van der Waals surface area contributed by atoms with Crippen molar-refractivity contribution in [3.8, 4) is 11.1 Å². The second-order valence-electron chi connectivity index (χ2n) is 3.86. The van der Waals surface area contributed by atoms with Crippen LogP contribution in [0.1, 0.15) is 5.56 Å². The Morgan fingerprint density at radius 1 is 1.12 bits per heavy atom. The average Bonchev–Trinajstić information content (AvgIpc) is 2.32. The van der Waals surface area contributed by atoms with Gasteiger partial charge in [-0.3, -0.25) is 0 Å². The molecule has 2 N–H and O–H groups in total. The van der Waals surface area contributed by atoms with Gasteiger partial charge in [0.2, 0.25) is 0 Å². The highest BCUT2D eigenvalue weighted by atomic mass is 35.5. The number of rotatable bonds is 3. The van der Waals surface area contributed by atoms with Crippen molar-refractivity contribution in [3.05, 3.63) is 58.9 Å². The maximum absolute atomic E-state index is 13.2. The summed E-state index contributed by atoms with van der Waals surface area (Å²) in [7, 11) is 0. The van der Waals surface area contributed by atoms with Crippen molar-refractivity contribution in [1.29, 1.82) is 0 Å². The van der Waals surface area contributed by atoms with Crippen LogP contribution in [0.3, 0.4) is 0 Å². The summed E-state index contributed by atoms with van der Waals surface area (Å²) in [5.41, 5.74) is 8.26. The second-order valence-corrected chi connectivity index (χ2v) is 4.27. The predicted octanol–water partition coefficient (Wildman–Crippen LogP) is 3.65. The molecule has 0 aromatic heterocycles. The van der Waals surface area contributed by atoms with Gasteiger partial charge in [-0.1, -0.05) is 29.8 Å². The second kappa shape index (κ2) is 5.30. The summed E-state index contributed by atoms with van der Waals surface area (Å²) in [5.74, 6) is -0.261. The van der Waals surface area contributed by atoms with Crippen molar-refractivity contribution >= 4 is 11.6 Å². The van der Waals surface area contributed by atoms with Gasteiger partial charge in [0.25, 0.3) is 0 Å². The first kappa shape index (κ1) is 12.1. The maximum Gasteiger partial charge on any atom is 0.123 e. The zero-order valence-corrected chi connectivity index (χ0v) is 10.0. The molecule has 17 heavy (non-hydrogen) atoms. The van der Waals surface area contributed by atoms with Crippen LogP contribution >= 0.6 is 11.6 Å². The van der Waals surface area contributed by atoms with E-state index in [9.17, 15) is 4.39 Å². The maximum atomic E-state index is 13.2. The minimum absolute atomic E-state index is 0.261. The van der Waals surface area contributed by atoms with Gasteiger partial charge in [0, 0.05) is 10.6 Å². The molecule has 0 saturated heterocycles. The largest absolute Gasteiger partial charge is 0.330 e. The van der Waals surface area contributed by atoms with Crippen LogP contribution in [0.5, 0.6) is 0 Å². The van der Waals surface area contributed by atoms with Crippen LogP contribution in [0.2, 0.25) is 5.02 Å². The molecule has 0 spiro atoms. The van der Waals surface area contributed by atoms with Crippen LogP contribution < -0.4 is 5.73 Å². The monoisotopic (exact) mass is 249 g/mol. The summed E-state index contributed by atoms with van der Waals surface area (Å²) in [6.45, 7) is 0.588. The Hall–Kier alpha value is -1.38. The molecule has 0 unspecified atom stereocenters. The van der Waals surface area contributed by atoms with E-state index in [2.05, 4.69) is 0 Å². The lowest BCUT2D eigenvalue weighted by Gasteiger charge is -2.07. The van der Waals surface area contributed by atoms with Crippen molar-refractivity contribution in [2.45, 2.75) is 6.42 Å². The van der Waals surface area contributed by atoms with E-state index in [1.165, 1.54) is 12.1 Å². The molecule has 3 heteroatoms. The molecule has 0 aliphatic carbocycles. The molecule has 0 amide bonds. The molecule has 0 saturated carbocycles. The first-order valence-corrected chi connectivity index (χ1v) is 5.83. The normalized spacial score (nSPS) is 10.5. The molecule has 2 aromatic rings. The Morgan fingerprint density at radius 3 is 2.65 bits per heavy atom. The van der Waals surface area contributed by atoms with Crippen LogP contribution in [0.15, 0.2) is 42.5 Å². The zero-order chi connectivity index (χ0) is 12.3. The molecular weight excluding hydrogens is 237 g/mol. The lowest BCUT2D eigenvalue weighted by atomic mass is 10.0. The highest BCUT2D eigenvalue weighted by Gasteiger charge is 2.05. The van der Waals surface area contributed by atoms with Gasteiger partial charge in [-0.15, -0.1) is 0 Å². The highest BCUT2D eigenvalue weighted by molar-refractivity contribution is 6.33. The Kier molecular flexibility index (Phi) is 3.77. The standard InChI is InChI=1S/C14H13ClFN/c15-14-5-4-10(6-7-17)8-13(14)11-2-1-3-12(16)9-11/h1-5,8-9H,6-7,17H2. The average molecular weight is 250 g/mol. The van der Waals surface area contributed by atoms with Gasteiger partial charge < -0.3 is 5.73 Å². The van der Waals surface area contributed by atoms with Gasteiger partial charge in [0.15, 0.2) is 0 Å². The number of hydrogen-bond acceptors (Lipinski definition) is 1. The fourth-order valence-electron chi connectivity index (χ4n) is 1.77. The molecule has 0 heterocycles. The van der Waals surface area contributed by atoms with E-state index < -0.39 is 0 Å². The van der Waals surface area contributed by atoms with Crippen molar-refractivity contribution in [1.82, 2.24) is 0 Å². The summed E-state index contributed by atoms with van der Waals surface area (Å²) in [6, 6.07) is 12.1. The van der Waals surface area contributed by atoms with E-state index in [-0.39, 0.29) is 5.82 Å². The predicted molar refractivity (Wildman–Crippen MR) is 69.6 cm³/mol. The summed E-state index contributed by atoms with van der Waals surface area (Å²) >= 11 is 6.13. The van der Waals surface area contributed by atoms with E-state index in [0.29, 0.717) is 11.6 Å². The minimum atomic E-state index is -0.261. The molecule has 2 aromatic carbocycles. The van der Waals surface area contributed by atoms with Gasteiger partial charge in [-0.25, -0.2) is 4.39 Å². The highest BCUT2D eigenvalue weighted by Crippen LogP contribution is 2.29. The fraction of sp³-hybridized carbons (Fsp3) is 0.143. The van der Waals surface area contributed by atoms with Gasteiger partial charge in [0.1, 0.15) is 5.82 Å². The van der Waals surface area contributed by atoms with Crippen LogP contribution in [0.4, 0.5) is 4.39 Å². The summed E-state index contributed by atoms with van der Waals surface area (Å²) < 4.78 is 13.2. The molecule has 0 radical (unpaired) electrons. The molecule has 0 fully saturated rings. The third kappa shape index (κ3) is 2.84. The van der Waals surface area contributed by atoms with Crippen LogP contribution in [0.25, 0.3) is 11.1 Å². The SMILES string of the molecule is NCCc1ccc(Cl)c(-c2cccc(F)c2)c1. The van der Waals surface area contributed by atoms with E-state index in [4.69, 9.17) is 17.3 Å². The molecule has 0 atom stereocenters. The lowest BCUT2D eigenvalue weighted by molar-refractivity contribution is 0.628. The number of benzene rings is 2. The topological polar surface area (TPSA) is 26.0 Å².